The van der Waals surface area contributed by atoms with E-state index >= 15 is 0 Å². The van der Waals surface area contributed by atoms with E-state index in [4.69, 9.17) is 18.0 Å². The van der Waals surface area contributed by atoms with Crippen LogP contribution in [0.5, 0.6) is 0 Å². The second kappa shape index (κ2) is 6.91. The van der Waals surface area contributed by atoms with E-state index in [-0.39, 0.29) is 5.91 Å². The zero-order valence-electron chi connectivity index (χ0n) is 10.8. The van der Waals surface area contributed by atoms with Crippen LogP contribution in [-0.4, -0.2) is 53.4 Å². The molecular formula is C12H23N3OS. The third-order valence-electron chi connectivity index (χ3n) is 3.32. The molecule has 1 aliphatic heterocycles. The van der Waals surface area contributed by atoms with Crippen molar-refractivity contribution in [3.05, 3.63) is 0 Å². The fraction of sp³-hybridized carbons (Fsp3) is 0.833. The van der Waals surface area contributed by atoms with Gasteiger partial charge in [-0.3, -0.25) is 9.69 Å². The summed E-state index contributed by atoms with van der Waals surface area (Å²) in [6, 6.07) is 0. The van der Waals surface area contributed by atoms with Crippen molar-refractivity contribution < 1.29 is 4.79 Å². The Kier molecular flexibility index (Phi) is 5.85. The summed E-state index contributed by atoms with van der Waals surface area (Å²) in [5.74, 6) is 0.770. The van der Waals surface area contributed by atoms with E-state index in [9.17, 15) is 4.79 Å². The average Bonchev–Trinajstić information content (AvgIpc) is 2.28. The van der Waals surface area contributed by atoms with Gasteiger partial charge in [0.25, 0.3) is 0 Å². The Morgan fingerprint density at radius 3 is 2.41 bits per heavy atom. The van der Waals surface area contributed by atoms with Crippen LogP contribution >= 0.6 is 12.2 Å². The molecule has 2 N–H and O–H groups in total. The number of hydrogen-bond donors (Lipinski definition) is 1. The summed E-state index contributed by atoms with van der Waals surface area (Å²) in [4.78, 5) is 16.6. The van der Waals surface area contributed by atoms with E-state index < -0.39 is 0 Å². The largest absolute Gasteiger partial charge is 0.392 e. The molecule has 0 aromatic heterocycles. The number of rotatable bonds is 5. The Morgan fingerprint density at radius 2 is 1.94 bits per heavy atom. The van der Waals surface area contributed by atoms with Crippen LogP contribution in [0.25, 0.3) is 0 Å². The van der Waals surface area contributed by atoms with Gasteiger partial charge in [0.1, 0.15) is 0 Å². The Labute approximate surface area is 109 Å². The highest BCUT2D eigenvalue weighted by Gasteiger charge is 2.21. The van der Waals surface area contributed by atoms with Gasteiger partial charge >= 0.3 is 0 Å². The summed E-state index contributed by atoms with van der Waals surface area (Å²) >= 11 is 4.89. The molecule has 1 aliphatic rings. The highest BCUT2D eigenvalue weighted by molar-refractivity contribution is 7.80. The first-order valence-corrected chi connectivity index (χ1v) is 6.72. The van der Waals surface area contributed by atoms with Gasteiger partial charge in [0.05, 0.1) is 4.99 Å². The summed E-state index contributed by atoms with van der Waals surface area (Å²) in [6.45, 7) is 8.28. The molecule has 0 spiro atoms. The van der Waals surface area contributed by atoms with E-state index in [0.717, 1.165) is 32.6 Å². The van der Waals surface area contributed by atoms with Gasteiger partial charge in [0.2, 0.25) is 5.91 Å². The number of thiocarbonyl (C=S) groups is 1. The second-order valence-electron chi connectivity index (χ2n) is 4.84. The van der Waals surface area contributed by atoms with Crippen LogP contribution in [0, 0.1) is 5.92 Å². The van der Waals surface area contributed by atoms with Gasteiger partial charge in [-0.2, -0.15) is 0 Å². The molecule has 0 radical (unpaired) electrons. The van der Waals surface area contributed by atoms with E-state index in [0.29, 0.717) is 23.9 Å². The molecular weight excluding hydrogens is 234 g/mol. The second-order valence-corrected chi connectivity index (χ2v) is 5.37. The van der Waals surface area contributed by atoms with Crippen LogP contribution in [0.2, 0.25) is 0 Å². The van der Waals surface area contributed by atoms with Crippen molar-refractivity contribution in [2.24, 2.45) is 11.7 Å². The third kappa shape index (κ3) is 5.00. The maximum Gasteiger partial charge on any atom is 0.222 e. The minimum Gasteiger partial charge on any atom is -0.392 e. The molecule has 0 aliphatic carbocycles. The topological polar surface area (TPSA) is 49.6 Å². The normalized spacial score (nSPS) is 19.1. The van der Waals surface area contributed by atoms with Gasteiger partial charge in [-0.15, -0.1) is 0 Å². The molecule has 1 amide bonds. The minimum absolute atomic E-state index is 0.286. The molecule has 0 aromatic carbocycles. The first-order chi connectivity index (χ1) is 8.02. The van der Waals surface area contributed by atoms with Gasteiger partial charge in [0, 0.05) is 39.1 Å². The van der Waals surface area contributed by atoms with Crippen molar-refractivity contribution >= 4 is 23.1 Å². The lowest BCUT2D eigenvalue weighted by Crippen LogP contribution is -2.50. The molecule has 4 nitrogen and oxygen atoms in total. The first kappa shape index (κ1) is 14.4. The highest BCUT2D eigenvalue weighted by atomic mass is 32.1. The SMILES string of the molecule is CCC(C)CC(=O)N1CCN(CC(N)=S)CC1. The van der Waals surface area contributed by atoms with Crippen molar-refractivity contribution in [2.45, 2.75) is 26.7 Å². The molecule has 1 rings (SSSR count). The smallest absolute Gasteiger partial charge is 0.222 e. The summed E-state index contributed by atoms with van der Waals surface area (Å²) in [5.41, 5.74) is 5.51. The summed E-state index contributed by atoms with van der Waals surface area (Å²) in [7, 11) is 0. The zero-order chi connectivity index (χ0) is 12.8. The molecule has 0 aromatic rings. The monoisotopic (exact) mass is 257 g/mol. The van der Waals surface area contributed by atoms with Crippen LogP contribution in [0.15, 0.2) is 0 Å². The van der Waals surface area contributed by atoms with Gasteiger partial charge in [-0.1, -0.05) is 32.5 Å². The summed E-state index contributed by atoms with van der Waals surface area (Å²) in [5, 5.41) is 0. The van der Waals surface area contributed by atoms with Crippen LogP contribution in [0.3, 0.4) is 0 Å². The molecule has 1 atom stereocenters. The number of hydrogen-bond acceptors (Lipinski definition) is 3. The number of amides is 1. The van der Waals surface area contributed by atoms with E-state index in [1.54, 1.807) is 0 Å². The number of carbonyl (C=O) groups is 1. The molecule has 5 heteroatoms. The number of carbonyl (C=O) groups excluding carboxylic acids is 1. The van der Waals surface area contributed by atoms with Gasteiger partial charge in [0.15, 0.2) is 0 Å². The van der Waals surface area contributed by atoms with Crippen molar-refractivity contribution in [2.75, 3.05) is 32.7 Å². The standard InChI is InChI=1S/C12H23N3OS/c1-3-10(2)8-12(16)15-6-4-14(5-7-15)9-11(13)17/h10H,3-9H2,1-2H3,(H2,13,17). The van der Waals surface area contributed by atoms with Crippen LogP contribution < -0.4 is 5.73 Å². The quantitative estimate of drug-likeness (QED) is 0.742. The molecule has 17 heavy (non-hydrogen) atoms. The lowest BCUT2D eigenvalue weighted by atomic mass is 10.0. The highest BCUT2D eigenvalue weighted by Crippen LogP contribution is 2.11. The Balaban J connectivity index is 2.31. The van der Waals surface area contributed by atoms with E-state index in [2.05, 4.69) is 18.7 Å². The number of nitrogens with two attached hydrogens (primary N) is 1. The van der Waals surface area contributed by atoms with Crippen molar-refractivity contribution in [3.8, 4) is 0 Å². The lowest BCUT2D eigenvalue weighted by Gasteiger charge is -2.34. The molecule has 0 bridgehead atoms. The lowest BCUT2D eigenvalue weighted by molar-refractivity contribution is -0.133. The molecule has 98 valence electrons. The van der Waals surface area contributed by atoms with Crippen LogP contribution in [0.4, 0.5) is 0 Å². The Hall–Kier alpha value is -0.680. The van der Waals surface area contributed by atoms with Crippen LogP contribution in [-0.2, 0) is 4.79 Å². The minimum atomic E-state index is 0.286. The number of nitrogens with zero attached hydrogens (tertiary/aromatic N) is 2. The van der Waals surface area contributed by atoms with Crippen molar-refractivity contribution in [3.63, 3.8) is 0 Å². The Morgan fingerprint density at radius 1 is 1.35 bits per heavy atom. The third-order valence-corrected chi connectivity index (χ3v) is 3.45. The maximum absolute atomic E-state index is 12.0. The van der Waals surface area contributed by atoms with Gasteiger partial charge in [-0.05, 0) is 5.92 Å². The zero-order valence-corrected chi connectivity index (χ0v) is 11.6. The van der Waals surface area contributed by atoms with Crippen molar-refractivity contribution in [1.82, 2.24) is 9.80 Å². The predicted molar refractivity (Wildman–Crippen MR) is 73.9 cm³/mol. The molecule has 0 saturated carbocycles. The molecule has 1 heterocycles. The molecule has 1 unspecified atom stereocenters. The summed E-state index contributed by atoms with van der Waals surface area (Å²) < 4.78 is 0. The molecule has 1 fully saturated rings. The van der Waals surface area contributed by atoms with E-state index in [1.807, 2.05) is 4.90 Å². The number of piperazine rings is 1. The van der Waals surface area contributed by atoms with Crippen LogP contribution in [0.1, 0.15) is 26.7 Å². The van der Waals surface area contributed by atoms with Gasteiger partial charge in [-0.25, -0.2) is 0 Å². The van der Waals surface area contributed by atoms with E-state index in [1.165, 1.54) is 0 Å². The van der Waals surface area contributed by atoms with Crippen molar-refractivity contribution in [1.29, 1.82) is 0 Å². The fourth-order valence-corrected chi connectivity index (χ4v) is 2.13. The predicted octanol–water partition coefficient (Wildman–Crippen LogP) is 0.853. The molecule has 1 saturated heterocycles. The first-order valence-electron chi connectivity index (χ1n) is 6.31. The maximum atomic E-state index is 12.0. The fourth-order valence-electron chi connectivity index (χ4n) is 1.95. The van der Waals surface area contributed by atoms with Gasteiger partial charge < -0.3 is 10.6 Å². The summed E-state index contributed by atoms with van der Waals surface area (Å²) in [6.07, 6.45) is 1.74. The Bertz CT molecular complexity index is 275. The average molecular weight is 257 g/mol.